The average Bonchev–Trinajstić information content (AvgIpc) is 3.09. The number of ether oxygens (including phenoxy) is 1. The van der Waals surface area contributed by atoms with Gasteiger partial charge in [0.05, 0.1) is 12.7 Å². The summed E-state index contributed by atoms with van der Waals surface area (Å²) >= 11 is 0. The van der Waals surface area contributed by atoms with E-state index in [0.29, 0.717) is 23.6 Å². The van der Waals surface area contributed by atoms with Crippen LogP contribution in [0.3, 0.4) is 0 Å². The molecule has 0 saturated heterocycles. The highest BCUT2D eigenvalue weighted by molar-refractivity contribution is 5.94. The van der Waals surface area contributed by atoms with Gasteiger partial charge in [0.15, 0.2) is 5.78 Å². The van der Waals surface area contributed by atoms with Crippen LogP contribution in [0, 0.1) is 0 Å². The molecule has 0 saturated carbocycles. The van der Waals surface area contributed by atoms with Crippen molar-refractivity contribution in [1.82, 2.24) is 15.0 Å². The van der Waals surface area contributed by atoms with Gasteiger partial charge in [-0.25, -0.2) is 9.48 Å². The van der Waals surface area contributed by atoms with Crippen molar-refractivity contribution in [3.8, 4) is 5.75 Å². The molecule has 0 aliphatic carbocycles. The summed E-state index contributed by atoms with van der Waals surface area (Å²) in [5.74, 6) is -0.197. The second-order valence-electron chi connectivity index (χ2n) is 5.66. The van der Waals surface area contributed by atoms with Gasteiger partial charge in [-0.15, -0.1) is 5.10 Å². The first kappa shape index (κ1) is 17.3. The van der Waals surface area contributed by atoms with Crippen LogP contribution >= 0.6 is 0 Å². The topological polar surface area (TPSA) is 74.1 Å². The second kappa shape index (κ2) is 8.02. The Morgan fingerprint density at radius 3 is 2.50 bits per heavy atom. The van der Waals surface area contributed by atoms with Crippen LogP contribution in [0.1, 0.15) is 28.5 Å². The molecule has 0 aliphatic heterocycles. The molecule has 0 unspecified atom stereocenters. The number of Topliss-reactive ketones (excluding diaryl/α,β-unsaturated/α-hetero) is 1. The Labute approximate surface area is 150 Å². The number of hydrogen-bond donors (Lipinski definition) is 0. The summed E-state index contributed by atoms with van der Waals surface area (Å²) in [5, 5.41) is 8.03. The van der Waals surface area contributed by atoms with E-state index in [1.165, 1.54) is 13.0 Å². The molecule has 0 aliphatic rings. The molecule has 0 bridgehead atoms. The molecule has 0 N–H and O–H groups in total. The van der Waals surface area contributed by atoms with E-state index in [-0.39, 0.29) is 5.78 Å². The van der Waals surface area contributed by atoms with Gasteiger partial charge in [0, 0.05) is 11.6 Å². The molecule has 26 heavy (non-hydrogen) atoms. The van der Waals surface area contributed by atoms with Crippen LogP contribution in [-0.4, -0.2) is 26.7 Å². The minimum Gasteiger partial charge on any atom is -0.423 e. The SMILES string of the molecule is CC(=O)c1ccc(OC(=O)/C=C/c2cn(Cc3ccccc3)nn2)cc1. The fraction of sp³-hybridized carbons (Fsp3) is 0.100. The van der Waals surface area contributed by atoms with Gasteiger partial charge in [0.2, 0.25) is 0 Å². The van der Waals surface area contributed by atoms with Crippen LogP contribution in [0.2, 0.25) is 0 Å². The molecule has 0 amide bonds. The van der Waals surface area contributed by atoms with Crippen LogP contribution in [0.5, 0.6) is 5.75 Å². The Kier molecular flexibility index (Phi) is 5.34. The predicted molar refractivity (Wildman–Crippen MR) is 96.7 cm³/mol. The first-order valence-corrected chi connectivity index (χ1v) is 8.05. The van der Waals surface area contributed by atoms with Crippen LogP contribution in [-0.2, 0) is 11.3 Å². The van der Waals surface area contributed by atoms with Gasteiger partial charge in [0.1, 0.15) is 11.4 Å². The average molecular weight is 347 g/mol. The van der Waals surface area contributed by atoms with Crippen molar-refractivity contribution in [2.24, 2.45) is 0 Å². The summed E-state index contributed by atoms with van der Waals surface area (Å²) < 4.78 is 6.88. The van der Waals surface area contributed by atoms with Gasteiger partial charge >= 0.3 is 5.97 Å². The zero-order valence-electron chi connectivity index (χ0n) is 14.2. The number of hydrogen-bond acceptors (Lipinski definition) is 5. The zero-order chi connectivity index (χ0) is 18.4. The van der Waals surface area contributed by atoms with E-state index in [2.05, 4.69) is 10.3 Å². The minimum absolute atomic E-state index is 0.0404. The van der Waals surface area contributed by atoms with E-state index < -0.39 is 5.97 Å². The van der Waals surface area contributed by atoms with Crippen molar-refractivity contribution in [2.75, 3.05) is 0 Å². The maximum absolute atomic E-state index is 11.9. The minimum atomic E-state index is -0.529. The Hall–Kier alpha value is -3.54. The lowest BCUT2D eigenvalue weighted by atomic mass is 10.1. The number of benzene rings is 2. The quantitative estimate of drug-likeness (QED) is 0.296. The summed E-state index contributed by atoms with van der Waals surface area (Å²) in [4.78, 5) is 23.1. The second-order valence-corrected chi connectivity index (χ2v) is 5.66. The maximum atomic E-state index is 11.9. The molecule has 1 heterocycles. The normalized spacial score (nSPS) is 10.8. The van der Waals surface area contributed by atoms with E-state index in [9.17, 15) is 9.59 Å². The third-order valence-electron chi connectivity index (χ3n) is 3.61. The van der Waals surface area contributed by atoms with Gasteiger partial charge in [-0.1, -0.05) is 35.5 Å². The highest BCUT2D eigenvalue weighted by Crippen LogP contribution is 2.13. The molecule has 130 valence electrons. The van der Waals surface area contributed by atoms with Gasteiger partial charge < -0.3 is 4.74 Å². The largest absolute Gasteiger partial charge is 0.423 e. The summed E-state index contributed by atoms with van der Waals surface area (Å²) in [6.07, 6.45) is 4.58. The van der Waals surface area contributed by atoms with Crippen LogP contribution in [0.4, 0.5) is 0 Å². The van der Waals surface area contributed by atoms with Gasteiger partial charge in [0.25, 0.3) is 0 Å². The number of carbonyl (C=O) groups excluding carboxylic acids is 2. The molecule has 3 rings (SSSR count). The summed E-state index contributed by atoms with van der Waals surface area (Å²) in [6, 6.07) is 16.3. The zero-order valence-corrected chi connectivity index (χ0v) is 14.2. The predicted octanol–water partition coefficient (Wildman–Crippen LogP) is 3.15. The molecular formula is C20H17N3O3. The lowest BCUT2D eigenvalue weighted by molar-refractivity contribution is -0.128. The molecule has 0 atom stereocenters. The Morgan fingerprint density at radius 1 is 1.08 bits per heavy atom. The molecule has 1 aromatic heterocycles. The highest BCUT2D eigenvalue weighted by Gasteiger charge is 2.04. The number of rotatable bonds is 6. The Balaban J connectivity index is 1.57. The molecule has 0 radical (unpaired) electrons. The van der Waals surface area contributed by atoms with Crippen LogP contribution in [0.25, 0.3) is 6.08 Å². The van der Waals surface area contributed by atoms with Crippen LogP contribution < -0.4 is 4.74 Å². The van der Waals surface area contributed by atoms with E-state index >= 15 is 0 Å². The number of nitrogens with zero attached hydrogens (tertiary/aromatic N) is 3. The van der Waals surface area contributed by atoms with Crippen LogP contribution in [0.15, 0.2) is 66.9 Å². The van der Waals surface area contributed by atoms with E-state index in [4.69, 9.17) is 4.74 Å². The van der Waals surface area contributed by atoms with Gasteiger partial charge in [-0.2, -0.15) is 0 Å². The van der Waals surface area contributed by atoms with Crippen molar-refractivity contribution in [3.05, 3.63) is 83.7 Å². The molecule has 0 spiro atoms. The van der Waals surface area contributed by atoms with E-state index in [0.717, 1.165) is 5.56 Å². The standard InChI is InChI=1S/C20H17N3O3/c1-15(24)17-7-10-19(11-8-17)26-20(25)12-9-18-14-23(22-21-18)13-16-5-3-2-4-6-16/h2-12,14H,13H2,1H3/b12-9+. The molecule has 6 nitrogen and oxygen atoms in total. The third-order valence-corrected chi connectivity index (χ3v) is 3.61. The maximum Gasteiger partial charge on any atom is 0.336 e. The Morgan fingerprint density at radius 2 is 1.81 bits per heavy atom. The molecule has 0 fully saturated rings. The number of esters is 1. The van der Waals surface area contributed by atoms with Crippen molar-refractivity contribution in [3.63, 3.8) is 0 Å². The fourth-order valence-corrected chi connectivity index (χ4v) is 2.30. The fourth-order valence-electron chi connectivity index (χ4n) is 2.30. The van der Waals surface area contributed by atoms with E-state index in [1.54, 1.807) is 41.2 Å². The number of ketones is 1. The smallest absolute Gasteiger partial charge is 0.336 e. The first-order valence-electron chi connectivity index (χ1n) is 8.05. The van der Waals surface area contributed by atoms with Crippen molar-refractivity contribution in [2.45, 2.75) is 13.5 Å². The Bertz CT molecular complexity index is 928. The van der Waals surface area contributed by atoms with Gasteiger partial charge in [-0.3, -0.25) is 4.79 Å². The van der Waals surface area contributed by atoms with E-state index in [1.807, 2.05) is 30.3 Å². The summed E-state index contributed by atoms with van der Waals surface area (Å²) in [6.45, 7) is 2.09. The van der Waals surface area contributed by atoms with Crippen molar-refractivity contribution >= 4 is 17.8 Å². The van der Waals surface area contributed by atoms with Crippen molar-refractivity contribution in [1.29, 1.82) is 0 Å². The first-order chi connectivity index (χ1) is 12.6. The lowest BCUT2D eigenvalue weighted by Crippen LogP contribution is -2.04. The molecule has 3 aromatic rings. The number of aromatic nitrogens is 3. The lowest BCUT2D eigenvalue weighted by Gasteiger charge is -2.01. The molecule has 2 aromatic carbocycles. The third kappa shape index (κ3) is 4.73. The van der Waals surface area contributed by atoms with Crippen molar-refractivity contribution < 1.29 is 14.3 Å². The number of carbonyl (C=O) groups is 2. The summed E-state index contributed by atoms with van der Waals surface area (Å²) in [7, 11) is 0. The summed E-state index contributed by atoms with van der Waals surface area (Å²) in [5.41, 5.74) is 2.24. The monoisotopic (exact) mass is 347 g/mol. The molecule has 6 heteroatoms. The molecular weight excluding hydrogens is 330 g/mol. The van der Waals surface area contributed by atoms with Gasteiger partial charge in [-0.05, 0) is 42.8 Å². The highest BCUT2D eigenvalue weighted by atomic mass is 16.5.